The lowest BCUT2D eigenvalue weighted by Gasteiger charge is -2.03. The highest BCUT2D eigenvalue weighted by molar-refractivity contribution is 9.10. The molecule has 0 fully saturated rings. The standard InChI is InChI=1S/C11H10BrN5/c1-6-9-10(13)14-15-11(9)17(16-6)8-5-3-2-4-7(8)12/h2-5H,1H3,(H3,13,14,15). The largest absolute Gasteiger partial charge is 0.383 e. The summed E-state index contributed by atoms with van der Waals surface area (Å²) >= 11 is 3.50. The Labute approximate surface area is 106 Å². The Balaban J connectivity index is 2.35. The van der Waals surface area contributed by atoms with E-state index < -0.39 is 0 Å². The van der Waals surface area contributed by atoms with Crippen molar-refractivity contribution >= 4 is 32.8 Å². The molecular formula is C11H10BrN5. The zero-order chi connectivity index (χ0) is 12.0. The number of halogens is 1. The van der Waals surface area contributed by atoms with Gasteiger partial charge in [0.15, 0.2) is 5.65 Å². The molecule has 0 atom stereocenters. The lowest BCUT2D eigenvalue weighted by Crippen LogP contribution is -1.98. The Morgan fingerprint density at radius 3 is 2.88 bits per heavy atom. The van der Waals surface area contributed by atoms with E-state index in [1.54, 1.807) is 4.68 Å². The summed E-state index contributed by atoms with van der Waals surface area (Å²) in [5, 5.41) is 12.3. The van der Waals surface area contributed by atoms with Crippen LogP contribution < -0.4 is 5.73 Å². The van der Waals surface area contributed by atoms with Crippen LogP contribution in [0.25, 0.3) is 16.7 Å². The smallest absolute Gasteiger partial charge is 0.186 e. The van der Waals surface area contributed by atoms with Crippen LogP contribution in [-0.2, 0) is 0 Å². The molecule has 3 rings (SSSR count). The molecule has 1 aromatic carbocycles. The van der Waals surface area contributed by atoms with Gasteiger partial charge in [-0.15, -0.1) is 0 Å². The second-order valence-corrected chi connectivity index (χ2v) is 4.64. The molecule has 17 heavy (non-hydrogen) atoms. The molecule has 0 saturated heterocycles. The van der Waals surface area contributed by atoms with E-state index >= 15 is 0 Å². The highest BCUT2D eigenvalue weighted by Crippen LogP contribution is 2.27. The molecular weight excluding hydrogens is 282 g/mol. The molecule has 3 aromatic rings. The van der Waals surface area contributed by atoms with Crippen LogP contribution in [0.15, 0.2) is 28.7 Å². The van der Waals surface area contributed by atoms with Crippen molar-refractivity contribution in [2.24, 2.45) is 0 Å². The lowest BCUT2D eigenvalue weighted by atomic mass is 10.3. The van der Waals surface area contributed by atoms with Crippen molar-refractivity contribution < 1.29 is 0 Å². The Morgan fingerprint density at radius 2 is 2.12 bits per heavy atom. The van der Waals surface area contributed by atoms with E-state index in [0.29, 0.717) is 5.82 Å². The van der Waals surface area contributed by atoms with Crippen molar-refractivity contribution in [2.75, 3.05) is 5.73 Å². The van der Waals surface area contributed by atoms with Crippen LogP contribution in [-0.4, -0.2) is 20.0 Å². The molecule has 0 aliphatic heterocycles. The summed E-state index contributed by atoms with van der Waals surface area (Å²) in [5.74, 6) is 0.552. The number of nitrogens with two attached hydrogens (primary N) is 1. The maximum atomic E-state index is 5.82. The molecule has 0 amide bonds. The number of nitrogen functional groups attached to an aromatic ring is 1. The average Bonchev–Trinajstić information content (AvgIpc) is 2.83. The first kappa shape index (κ1) is 10.3. The monoisotopic (exact) mass is 291 g/mol. The maximum absolute atomic E-state index is 5.82. The number of benzene rings is 1. The number of H-pyrrole nitrogens is 1. The molecule has 0 radical (unpaired) electrons. The lowest BCUT2D eigenvalue weighted by molar-refractivity contribution is 0.862. The van der Waals surface area contributed by atoms with E-state index in [9.17, 15) is 0 Å². The first-order valence-electron chi connectivity index (χ1n) is 5.12. The van der Waals surface area contributed by atoms with Crippen LogP contribution in [0, 0.1) is 6.92 Å². The van der Waals surface area contributed by atoms with Crippen molar-refractivity contribution in [3.8, 4) is 5.69 Å². The van der Waals surface area contributed by atoms with Crippen LogP contribution in [0.1, 0.15) is 5.69 Å². The van der Waals surface area contributed by atoms with Crippen molar-refractivity contribution in [3.05, 3.63) is 34.4 Å². The summed E-state index contributed by atoms with van der Waals surface area (Å²) in [4.78, 5) is 0. The third-order valence-electron chi connectivity index (χ3n) is 2.67. The Morgan fingerprint density at radius 1 is 1.35 bits per heavy atom. The Hall–Kier alpha value is -1.82. The number of rotatable bonds is 1. The number of nitrogens with one attached hydrogen (secondary N) is 1. The molecule has 0 aliphatic rings. The average molecular weight is 292 g/mol. The van der Waals surface area contributed by atoms with Gasteiger partial charge < -0.3 is 5.73 Å². The van der Waals surface area contributed by atoms with Gasteiger partial charge in [-0.05, 0) is 35.0 Å². The number of hydrogen-bond acceptors (Lipinski definition) is 3. The zero-order valence-corrected chi connectivity index (χ0v) is 10.7. The van der Waals surface area contributed by atoms with Crippen LogP contribution >= 0.6 is 15.9 Å². The molecule has 6 heteroatoms. The number of aryl methyl sites for hydroxylation is 1. The number of fused-ring (bicyclic) bond motifs is 1. The van der Waals surface area contributed by atoms with Gasteiger partial charge in [0.25, 0.3) is 0 Å². The van der Waals surface area contributed by atoms with Gasteiger partial charge in [-0.3, -0.25) is 5.10 Å². The van der Waals surface area contributed by atoms with E-state index in [-0.39, 0.29) is 0 Å². The molecule has 2 aromatic heterocycles. The van der Waals surface area contributed by atoms with Crippen molar-refractivity contribution in [1.82, 2.24) is 20.0 Å². The van der Waals surface area contributed by atoms with Crippen LogP contribution in [0.3, 0.4) is 0 Å². The van der Waals surface area contributed by atoms with Gasteiger partial charge in [-0.2, -0.15) is 10.2 Å². The van der Waals surface area contributed by atoms with E-state index in [4.69, 9.17) is 5.73 Å². The zero-order valence-electron chi connectivity index (χ0n) is 9.11. The number of anilines is 1. The van der Waals surface area contributed by atoms with Gasteiger partial charge in [0.2, 0.25) is 0 Å². The van der Waals surface area contributed by atoms with Gasteiger partial charge in [0, 0.05) is 4.47 Å². The molecule has 3 N–H and O–H groups in total. The molecule has 0 aliphatic carbocycles. The topological polar surface area (TPSA) is 72.5 Å². The molecule has 0 bridgehead atoms. The molecule has 0 spiro atoms. The summed E-state index contributed by atoms with van der Waals surface area (Å²) in [6, 6.07) is 7.86. The predicted molar refractivity (Wildman–Crippen MR) is 70.1 cm³/mol. The van der Waals surface area contributed by atoms with Gasteiger partial charge in [0.05, 0.1) is 16.8 Å². The first-order valence-corrected chi connectivity index (χ1v) is 5.92. The van der Waals surface area contributed by atoms with E-state index in [1.807, 2.05) is 31.2 Å². The predicted octanol–water partition coefficient (Wildman–Crippen LogP) is 2.40. The number of hydrogen-bond donors (Lipinski definition) is 2. The highest BCUT2D eigenvalue weighted by Gasteiger charge is 2.15. The van der Waals surface area contributed by atoms with Crippen molar-refractivity contribution in [3.63, 3.8) is 0 Å². The number of aromatic nitrogens is 4. The minimum Gasteiger partial charge on any atom is -0.383 e. The fourth-order valence-corrected chi connectivity index (χ4v) is 2.35. The highest BCUT2D eigenvalue weighted by atomic mass is 79.9. The fraction of sp³-hybridized carbons (Fsp3) is 0.0909. The number of aromatic amines is 1. The summed E-state index contributed by atoms with van der Waals surface area (Å²) in [5.41, 5.74) is 8.37. The van der Waals surface area contributed by atoms with Gasteiger partial charge in [-0.25, -0.2) is 4.68 Å². The second-order valence-electron chi connectivity index (χ2n) is 3.78. The van der Waals surface area contributed by atoms with Crippen molar-refractivity contribution in [1.29, 1.82) is 0 Å². The van der Waals surface area contributed by atoms with Crippen LogP contribution in [0.5, 0.6) is 0 Å². The van der Waals surface area contributed by atoms with E-state index in [1.165, 1.54) is 0 Å². The van der Waals surface area contributed by atoms with E-state index in [2.05, 4.69) is 31.2 Å². The first-order chi connectivity index (χ1) is 8.18. The molecule has 0 saturated carbocycles. The van der Waals surface area contributed by atoms with Crippen LogP contribution in [0.4, 0.5) is 5.82 Å². The third-order valence-corrected chi connectivity index (χ3v) is 3.34. The summed E-state index contributed by atoms with van der Waals surface area (Å²) in [6.07, 6.45) is 0. The maximum Gasteiger partial charge on any atom is 0.186 e. The Bertz CT molecular complexity index is 697. The molecule has 5 nitrogen and oxygen atoms in total. The summed E-state index contributed by atoms with van der Waals surface area (Å²) < 4.78 is 2.74. The third kappa shape index (κ3) is 1.44. The molecule has 0 unspecified atom stereocenters. The molecule has 86 valence electrons. The number of nitrogens with zero attached hydrogens (tertiary/aromatic N) is 3. The summed E-state index contributed by atoms with van der Waals surface area (Å²) in [7, 11) is 0. The van der Waals surface area contributed by atoms with Gasteiger partial charge >= 0.3 is 0 Å². The minimum atomic E-state index is 0.552. The molecule has 2 heterocycles. The Kier molecular flexibility index (Phi) is 2.19. The van der Waals surface area contributed by atoms with E-state index in [0.717, 1.165) is 26.9 Å². The fourth-order valence-electron chi connectivity index (χ4n) is 1.89. The van der Waals surface area contributed by atoms with Gasteiger partial charge in [0.1, 0.15) is 5.82 Å². The normalized spacial score (nSPS) is 11.2. The van der Waals surface area contributed by atoms with Crippen molar-refractivity contribution in [2.45, 2.75) is 6.92 Å². The SMILES string of the molecule is Cc1nn(-c2ccccc2Br)c2n[nH]c(N)c12. The second kappa shape index (κ2) is 3.59. The summed E-state index contributed by atoms with van der Waals surface area (Å²) in [6.45, 7) is 1.92. The quantitative estimate of drug-likeness (QED) is 0.723. The number of para-hydroxylation sites is 1. The minimum absolute atomic E-state index is 0.552. The van der Waals surface area contributed by atoms with Crippen LogP contribution in [0.2, 0.25) is 0 Å². The van der Waals surface area contributed by atoms with Gasteiger partial charge in [-0.1, -0.05) is 12.1 Å².